The molecule has 0 radical (unpaired) electrons. The van der Waals surface area contributed by atoms with Crippen molar-refractivity contribution in [3.8, 4) is 12.3 Å². The van der Waals surface area contributed by atoms with Crippen LogP contribution in [0.4, 0.5) is 0 Å². The molecule has 1 aliphatic rings. The topological polar surface area (TPSA) is 15.3 Å². The Bertz CT molecular complexity index is 257. The lowest BCUT2D eigenvalue weighted by Crippen LogP contribution is -2.59. The number of rotatable bonds is 8. The lowest BCUT2D eigenvalue weighted by atomic mass is 9.83. The van der Waals surface area contributed by atoms with Crippen molar-refractivity contribution in [1.29, 1.82) is 0 Å². The largest absolute Gasteiger partial charge is 0.315 e. The second kappa shape index (κ2) is 7.81. The van der Waals surface area contributed by atoms with Crippen LogP contribution in [-0.4, -0.2) is 36.6 Å². The van der Waals surface area contributed by atoms with Gasteiger partial charge in [0.2, 0.25) is 0 Å². The summed E-state index contributed by atoms with van der Waals surface area (Å²) in [5, 5.41) is 3.58. The predicted molar refractivity (Wildman–Crippen MR) is 79.7 cm³/mol. The number of nitrogens with zero attached hydrogens (tertiary/aromatic N) is 1. The van der Waals surface area contributed by atoms with E-state index in [9.17, 15) is 0 Å². The maximum Gasteiger partial charge on any atom is 0.0362 e. The monoisotopic (exact) mass is 250 g/mol. The van der Waals surface area contributed by atoms with Crippen LogP contribution in [0.1, 0.15) is 58.8 Å². The highest BCUT2D eigenvalue weighted by molar-refractivity contribution is 5.03. The molecule has 0 aromatic carbocycles. The third-order valence-corrected chi connectivity index (χ3v) is 4.67. The highest BCUT2D eigenvalue weighted by Crippen LogP contribution is 2.39. The Morgan fingerprint density at radius 2 is 1.89 bits per heavy atom. The molecule has 0 amide bonds. The van der Waals surface area contributed by atoms with Crippen molar-refractivity contribution in [2.75, 3.05) is 20.1 Å². The summed E-state index contributed by atoms with van der Waals surface area (Å²) in [5.41, 5.74) is 0.382. The van der Waals surface area contributed by atoms with Crippen molar-refractivity contribution >= 4 is 0 Å². The van der Waals surface area contributed by atoms with Gasteiger partial charge < -0.3 is 5.32 Å². The first-order valence-electron chi connectivity index (χ1n) is 7.61. The van der Waals surface area contributed by atoms with Gasteiger partial charge in [0, 0.05) is 18.0 Å². The van der Waals surface area contributed by atoms with Crippen LogP contribution in [0.5, 0.6) is 0 Å². The summed E-state index contributed by atoms with van der Waals surface area (Å²) in [7, 11) is 2.12. The Labute approximate surface area is 114 Å². The quantitative estimate of drug-likeness (QED) is 0.526. The average molecular weight is 250 g/mol. The third-order valence-electron chi connectivity index (χ3n) is 4.67. The molecule has 0 spiro atoms. The van der Waals surface area contributed by atoms with Crippen LogP contribution in [0.2, 0.25) is 0 Å². The molecule has 0 heterocycles. The molecule has 0 saturated heterocycles. The summed E-state index contributed by atoms with van der Waals surface area (Å²) in [5.74, 6) is 2.77. The molecule has 1 atom stereocenters. The van der Waals surface area contributed by atoms with Gasteiger partial charge in [-0.15, -0.1) is 12.3 Å². The molecule has 1 unspecified atom stereocenters. The first-order valence-corrected chi connectivity index (χ1v) is 7.61. The van der Waals surface area contributed by atoms with E-state index in [4.69, 9.17) is 6.42 Å². The number of hydrogen-bond acceptors (Lipinski definition) is 2. The number of likely N-dealkylation sites (N-methyl/N-ethyl adjacent to an activating group) is 2. The molecule has 1 aliphatic carbocycles. The molecule has 1 rings (SSSR count). The fourth-order valence-corrected chi connectivity index (χ4v) is 3.82. The zero-order chi connectivity index (χ0) is 13.4. The Kier molecular flexibility index (Phi) is 6.75. The van der Waals surface area contributed by atoms with Crippen molar-refractivity contribution in [2.45, 2.75) is 70.4 Å². The van der Waals surface area contributed by atoms with E-state index in [-0.39, 0.29) is 0 Å². The molecule has 0 bridgehead atoms. The minimum Gasteiger partial charge on any atom is -0.315 e. The van der Waals surface area contributed by atoms with E-state index in [1.54, 1.807) is 0 Å². The maximum absolute atomic E-state index is 5.37. The van der Waals surface area contributed by atoms with E-state index in [1.807, 2.05) is 0 Å². The molecular formula is C16H30N2. The zero-order valence-corrected chi connectivity index (χ0v) is 12.5. The number of unbranched alkanes of at least 4 members (excludes halogenated alkanes) is 1. The Morgan fingerprint density at radius 3 is 2.33 bits per heavy atom. The van der Waals surface area contributed by atoms with Crippen LogP contribution in [0, 0.1) is 12.3 Å². The molecule has 0 aromatic rings. The van der Waals surface area contributed by atoms with Gasteiger partial charge in [-0.2, -0.15) is 0 Å². The molecule has 0 aliphatic heterocycles. The van der Waals surface area contributed by atoms with Crippen LogP contribution in [0.25, 0.3) is 0 Å². The fourth-order valence-electron chi connectivity index (χ4n) is 3.82. The third kappa shape index (κ3) is 3.28. The Hall–Kier alpha value is -0.520. The van der Waals surface area contributed by atoms with E-state index >= 15 is 0 Å². The fraction of sp³-hybridized carbons (Fsp3) is 0.875. The normalized spacial score (nSPS) is 19.9. The van der Waals surface area contributed by atoms with E-state index in [2.05, 4.69) is 37.0 Å². The van der Waals surface area contributed by atoms with Crippen LogP contribution >= 0.6 is 0 Å². The second-order valence-electron chi connectivity index (χ2n) is 5.42. The highest BCUT2D eigenvalue weighted by atomic mass is 15.2. The molecule has 104 valence electrons. The van der Waals surface area contributed by atoms with Gasteiger partial charge in [0.15, 0.2) is 0 Å². The second-order valence-corrected chi connectivity index (χ2v) is 5.42. The highest BCUT2D eigenvalue weighted by Gasteiger charge is 2.43. The summed E-state index contributed by atoms with van der Waals surface area (Å²) in [6.07, 6.45) is 14.1. The summed E-state index contributed by atoms with van der Waals surface area (Å²) in [4.78, 5) is 2.68. The summed E-state index contributed by atoms with van der Waals surface area (Å²) >= 11 is 0. The van der Waals surface area contributed by atoms with E-state index < -0.39 is 0 Å². The first kappa shape index (κ1) is 15.5. The van der Waals surface area contributed by atoms with Gasteiger partial charge in [-0.3, -0.25) is 4.90 Å². The lowest BCUT2D eigenvalue weighted by molar-refractivity contribution is 0.0619. The molecule has 1 N–H and O–H groups in total. The van der Waals surface area contributed by atoms with Gasteiger partial charge in [-0.05, 0) is 45.8 Å². The Balaban J connectivity index is 2.77. The van der Waals surface area contributed by atoms with Crippen LogP contribution < -0.4 is 5.32 Å². The summed E-state index contributed by atoms with van der Waals surface area (Å²) < 4.78 is 0. The van der Waals surface area contributed by atoms with Crippen LogP contribution in [0.15, 0.2) is 0 Å². The summed E-state index contributed by atoms with van der Waals surface area (Å²) in [6, 6.07) is 0.591. The van der Waals surface area contributed by atoms with E-state index in [1.165, 1.54) is 32.1 Å². The van der Waals surface area contributed by atoms with Gasteiger partial charge >= 0.3 is 0 Å². The minimum absolute atomic E-state index is 0.382. The smallest absolute Gasteiger partial charge is 0.0362 e. The van der Waals surface area contributed by atoms with Crippen molar-refractivity contribution in [2.24, 2.45) is 0 Å². The molecule has 1 fully saturated rings. The van der Waals surface area contributed by atoms with Crippen molar-refractivity contribution in [3.63, 3.8) is 0 Å². The van der Waals surface area contributed by atoms with E-state index in [0.29, 0.717) is 11.6 Å². The van der Waals surface area contributed by atoms with Crippen molar-refractivity contribution < 1.29 is 0 Å². The SMILES string of the molecule is C#CCCCC(NC)C1(N(CC)CC)CCCC1. The maximum atomic E-state index is 5.37. The number of nitrogens with one attached hydrogen (secondary N) is 1. The van der Waals surface area contributed by atoms with Crippen LogP contribution in [-0.2, 0) is 0 Å². The standard InChI is InChI=1S/C16H30N2/c1-5-8-9-12-15(17-4)16(13-10-11-14-16)18(6-2)7-3/h1,15,17H,6-14H2,2-4H3. The van der Waals surface area contributed by atoms with Crippen molar-refractivity contribution in [1.82, 2.24) is 10.2 Å². The molecule has 18 heavy (non-hydrogen) atoms. The van der Waals surface area contributed by atoms with Crippen molar-refractivity contribution in [3.05, 3.63) is 0 Å². The van der Waals surface area contributed by atoms with Gasteiger partial charge in [-0.25, -0.2) is 0 Å². The first-order chi connectivity index (χ1) is 8.75. The molecule has 2 nitrogen and oxygen atoms in total. The lowest BCUT2D eigenvalue weighted by Gasteiger charge is -2.46. The van der Waals surface area contributed by atoms with Gasteiger partial charge in [-0.1, -0.05) is 26.7 Å². The minimum atomic E-state index is 0.382. The number of hydrogen-bond donors (Lipinski definition) is 1. The molecule has 1 saturated carbocycles. The molecule has 2 heteroatoms. The van der Waals surface area contributed by atoms with Gasteiger partial charge in [0.1, 0.15) is 0 Å². The predicted octanol–water partition coefficient (Wildman–Crippen LogP) is 3.03. The van der Waals surface area contributed by atoms with Gasteiger partial charge in [0.25, 0.3) is 0 Å². The van der Waals surface area contributed by atoms with Gasteiger partial charge in [0.05, 0.1) is 0 Å². The Morgan fingerprint density at radius 1 is 1.28 bits per heavy atom. The molecular weight excluding hydrogens is 220 g/mol. The average Bonchev–Trinajstić information content (AvgIpc) is 2.86. The summed E-state index contributed by atoms with van der Waals surface area (Å²) in [6.45, 7) is 6.89. The molecule has 0 aromatic heterocycles. The number of terminal acetylenes is 1. The van der Waals surface area contributed by atoms with Crippen LogP contribution in [0.3, 0.4) is 0 Å². The zero-order valence-electron chi connectivity index (χ0n) is 12.5. The van der Waals surface area contributed by atoms with E-state index in [0.717, 1.165) is 25.9 Å².